The van der Waals surface area contributed by atoms with Crippen LogP contribution in [0.4, 0.5) is 0 Å². The van der Waals surface area contributed by atoms with Crippen LogP contribution >= 0.6 is 7.26 Å². The second kappa shape index (κ2) is 11.3. The van der Waals surface area contributed by atoms with Crippen molar-refractivity contribution < 1.29 is 17.0 Å². The number of rotatable bonds is 6. The number of hydrogen-bond donors (Lipinski definition) is 0. The third-order valence-electron chi connectivity index (χ3n) is 4.44. The zero-order valence-electron chi connectivity index (χ0n) is 14.1. The second-order valence-electron chi connectivity index (χ2n) is 5.89. The van der Waals surface area contributed by atoms with Crippen LogP contribution in [0.25, 0.3) is 0 Å². The van der Waals surface area contributed by atoms with Gasteiger partial charge in [-0.15, -0.1) is 0 Å². The molecule has 0 spiro atoms. The van der Waals surface area contributed by atoms with E-state index in [4.69, 9.17) is 0 Å². The summed E-state index contributed by atoms with van der Waals surface area (Å²) in [4.78, 5) is 0. The van der Waals surface area contributed by atoms with Crippen molar-refractivity contribution in [2.45, 2.75) is 19.8 Å². The molecular formula is C22H25BrNaP. The summed E-state index contributed by atoms with van der Waals surface area (Å²) in [5.41, 5.74) is 0. The van der Waals surface area contributed by atoms with Gasteiger partial charge in [-0.3, -0.25) is 0 Å². The van der Waals surface area contributed by atoms with Gasteiger partial charge in [0.15, 0.2) is 0 Å². The zero-order valence-corrected chi connectivity index (χ0v) is 16.6. The molecule has 3 rings (SSSR count). The van der Waals surface area contributed by atoms with Crippen LogP contribution in [0.2, 0.25) is 0 Å². The quantitative estimate of drug-likeness (QED) is 0.412. The van der Waals surface area contributed by atoms with Gasteiger partial charge in [0.2, 0.25) is 0 Å². The molecule has 0 N–H and O–H groups in total. The molecule has 0 aliphatic carbocycles. The Morgan fingerprint density at radius 1 is 0.600 bits per heavy atom. The molecular weight excluding hydrogens is 398 g/mol. The van der Waals surface area contributed by atoms with E-state index < -0.39 is 7.26 Å². The van der Waals surface area contributed by atoms with Crippen molar-refractivity contribution in [3.8, 4) is 0 Å². The summed E-state index contributed by atoms with van der Waals surface area (Å²) in [7, 11) is -1.57. The summed E-state index contributed by atoms with van der Waals surface area (Å²) in [6.45, 7) is 2.29. The Hall–Kier alpha value is -0.430. The fraction of sp³-hybridized carbons (Fsp3) is 0.182. The van der Waals surface area contributed by atoms with Gasteiger partial charge in [0.25, 0.3) is 0 Å². The van der Waals surface area contributed by atoms with E-state index in [2.05, 4.69) is 97.9 Å². The van der Waals surface area contributed by atoms with Crippen LogP contribution in [0.5, 0.6) is 0 Å². The molecule has 0 unspecified atom stereocenters. The molecule has 0 aliphatic heterocycles. The van der Waals surface area contributed by atoms with Crippen molar-refractivity contribution in [2.24, 2.45) is 0 Å². The van der Waals surface area contributed by atoms with Crippen LogP contribution in [0, 0.1) is 0 Å². The van der Waals surface area contributed by atoms with E-state index in [-0.39, 0.29) is 46.5 Å². The van der Waals surface area contributed by atoms with E-state index >= 15 is 0 Å². The van der Waals surface area contributed by atoms with Gasteiger partial charge in [0, 0.05) is 0 Å². The minimum atomic E-state index is -1.57. The summed E-state index contributed by atoms with van der Waals surface area (Å²) >= 11 is 0. The zero-order chi connectivity index (χ0) is 16.0. The maximum absolute atomic E-state index is 2.32. The van der Waals surface area contributed by atoms with Crippen LogP contribution in [0.3, 0.4) is 0 Å². The Labute approximate surface area is 185 Å². The summed E-state index contributed by atoms with van der Waals surface area (Å²) in [6, 6.07) is 33.4. The summed E-state index contributed by atoms with van der Waals surface area (Å²) in [6.07, 6.45) is 3.72. The fourth-order valence-electron chi connectivity index (χ4n) is 3.28. The molecule has 0 aliphatic rings. The average molecular weight is 423 g/mol. The Kier molecular flexibility index (Phi) is 10.2. The molecule has 0 saturated carbocycles. The molecule has 25 heavy (non-hydrogen) atoms. The van der Waals surface area contributed by atoms with Crippen molar-refractivity contribution in [3.63, 3.8) is 0 Å². The molecule has 0 fully saturated rings. The van der Waals surface area contributed by atoms with E-state index in [1.54, 1.807) is 0 Å². The van der Waals surface area contributed by atoms with Gasteiger partial charge in [-0.1, -0.05) is 67.9 Å². The number of benzene rings is 3. The van der Waals surface area contributed by atoms with E-state index in [1.165, 1.54) is 34.9 Å². The molecule has 0 saturated heterocycles. The topological polar surface area (TPSA) is 0 Å². The van der Waals surface area contributed by atoms with Gasteiger partial charge in [0.05, 0.1) is 6.16 Å². The monoisotopic (exact) mass is 422 g/mol. The maximum atomic E-state index is 2.32. The third kappa shape index (κ3) is 5.06. The van der Waals surface area contributed by atoms with E-state index in [0.717, 1.165) is 0 Å². The van der Waals surface area contributed by atoms with E-state index in [9.17, 15) is 0 Å². The van der Waals surface area contributed by atoms with Crippen LogP contribution in [-0.2, 0) is 0 Å². The molecule has 0 atom stereocenters. The van der Waals surface area contributed by atoms with Crippen molar-refractivity contribution in [1.82, 2.24) is 0 Å². The predicted molar refractivity (Wildman–Crippen MR) is 112 cm³/mol. The van der Waals surface area contributed by atoms with Gasteiger partial charge < -0.3 is 17.0 Å². The first kappa shape index (κ1) is 22.6. The molecule has 3 aromatic carbocycles. The Bertz CT molecular complexity index is 620. The van der Waals surface area contributed by atoms with Gasteiger partial charge in [-0.05, 0) is 42.8 Å². The number of halogens is 1. The standard InChI is InChI=1S/C22H24P.BrH.Na.H/c1-2-3-19-23(20-13-7-4-8-14-20,21-15-9-5-10-16-21)22-17-11-6-12-18-22;;;/h4-18H,2-3,19H2,1H3;1H;;/q+1;;;/p-1. The predicted octanol–water partition coefficient (Wildman–Crippen LogP) is 1.14. The van der Waals surface area contributed by atoms with Crippen molar-refractivity contribution in [3.05, 3.63) is 91.0 Å². The average Bonchev–Trinajstić information content (AvgIpc) is 2.65. The number of unbranched alkanes of at least 4 members (excludes halogenated alkanes) is 1. The normalized spacial score (nSPS) is 10.4. The van der Waals surface area contributed by atoms with Gasteiger partial charge in [0.1, 0.15) is 23.2 Å². The molecule has 126 valence electrons. The van der Waals surface area contributed by atoms with Crippen molar-refractivity contribution in [1.29, 1.82) is 0 Å². The fourth-order valence-corrected chi connectivity index (χ4v) is 7.78. The van der Waals surface area contributed by atoms with Crippen molar-refractivity contribution >= 4 is 52.7 Å². The van der Waals surface area contributed by atoms with Gasteiger partial charge in [-0.25, -0.2) is 0 Å². The molecule has 0 nitrogen and oxygen atoms in total. The molecule has 0 radical (unpaired) electrons. The first-order chi connectivity index (χ1) is 11.4. The van der Waals surface area contributed by atoms with Crippen LogP contribution in [-0.4, -0.2) is 35.7 Å². The van der Waals surface area contributed by atoms with Crippen LogP contribution < -0.4 is 32.9 Å². The first-order valence-corrected chi connectivity index (χ1v) is 10.4. The van der Waals surface area contributed by atoms with Gasteiger partial charge in [-0.2, -0.15) is 0 Å². The molecule has 0 aromatic heterocycles. The summed E-state index contributed by atoms with van der Waals surface area (Å²) in [5.74, 6) is 0. The molecule has 0 bridgehead atoms. The van der Waals surface area contributed by atoms with E-state index in [1.807, 2.05) is 0 Å². The minimum absolute atomic E-state index is 0. The SMILES string of the molecule is CCCC[P+](c1ccccc1)(c1ccccc1)c1ccccc1.[Br-].[NaH]. The molecule has 3 aromatic rings. The second-order valence-corrected chi connectivity index (χ2v) is 9.51. The van der Waals surface area contributed by atoms with Crippen LogP contribution in [0.1, 0.15) is 19.8 Å². The summed E-state index contributed by atoms with van der Waals surface area (Å²) < 4.78 is 0. The third-order valence-corrected chi connectivity index (χ3v) is 8.96. The molecule has 3 heteroatoms. The Balaban J connectivity index is 0.00000156. The van der Waals surface area contributed by atoms with E-state index in [0.29, 0.717) is 0 Å². The van der Waals surface area contributed by atoms with Gasteiger partial charge >= 0.3 is 29.6 Å². The van der Waals surface area contributed by atoms with Crippen molar-refractivity contribution in [2.75, 3.05) is 6.16 Å². The Morgan fingerprint density at radius 3 is 1.20 bits per heavy atom. The summed E-state index contributed by atoms with van der Waals surface area (Å²) in [5, 5.41) is 4.47. The molecule has 0 heterocycles. The first-order valence-electron chi connectivity index (χ1n) is 8.43. The van der Waals surface area contributed by atoms with Crippen LogP contribution in [0.15, 0.2) is 91.0 Å². The Morgan fingerprint density at radius 2 is 0.920 bits per heavy atom. The molecule has 0 amide bonds. The number of hydrogen-bond acceptors (Lipinski definition) is 0.